The average Bonchev–Trinajstić information content (AvgIpc) is 3.32. The van der Waals surface area contributed by atoms with Crippen molar-refractivity contribution < 1.29 is 23.1 Å². The number of aromatic nitrogens is 1. The maximum absolute atomic E-state index is 13.0. The minimum absolute atomic E-state index is 0.0112. The van der Waals surface area contributed by atoms with Gasteiger partial charge in [0.1, 0.15) is 5.82 Å². The van der Waals surface area contributed by atoms with Crippen LogP contribution in [0.3, 0.4) is 0 Å². The highest BCUT2D eigenvalue weighted by Crippen LogP contribution is 2.27. The first-order chi connectivity index (χ1) is 16.1. The number of para-hydroxylation sites is 1. The van der Waals surface area contributed by atoms with Gasteiger partial charge in [0, 0.05) is 23.2 Å². The van der Waals surface area contributed by atoms with Crippen molar-refractivity contribution in [3.05, 3.63) is 96.8 Å². The van der Waals surface area contributed by atoms with E-state index in [9.17, 15) is 14.0 Å². The largest absolute Gasteiger partial charge is 0.456 e. The van der Waals surface area contributed by atoms with E-state index in [4.69, 9.17) is 9.15 Å². The van der Waals surface area contributed by atoms with E-state index >= 15 is 0 Å². The lowest BCUT2D eigenvalue weighted by Crippen LogP contribution is -2.21. The van der Waals surface area contributed by atoms with E-state index in [-0.39, 0.29) is 18.7 Å². The summed E-state index contributed by atoms with van der Waals surface area (Å²) in [6.07, 6.45) is 1.75. The van der Waals surface area contributed by atoms with Crippen LogP contribution in [0, 0.1) is 5.82 Å². The Hall–Kier alpha value is -4.26. The van der Waals surface area contributed by atoms with Crippen molar-refractivity contribution >= 4 is 17.6 Å². The molecule has 166 valence electrons. The van der Waals surface area contributed by atoms with Crippen molar-refractivity contribution in [2.24, 2.45) is 0 Å². The minimum Gasteiger partial charge on any atom is -0.456 e. The number of hydrogen-bond donors (Lipinski definition) is 1. The van der Waals surface area contributed by atoms with Gasteiger partial charge in [-0.1, -0.05) is 48.5 Å². The van der Waals surface area contributed by atoms with E-state index in [0.29, 0.717) is 22.9 Å². The summed E-state index contributed by atoms with van der Waals surface area (Å²) in [4.78, 5) is 28.5. The van der Waals surface area contributed by atoms with Gasteiger partial charge >= 0.3 is 5.97 Å². The zero-order valence-electron chi connectivity index (χ0n) is 17.7. The number of esters is 1. The third-order valence-corrected chi connectivity index (χ3v) is 4.88. The Bertz CT molecular complexity index is 1240. The number of nitrogens with zero attached hydrogens (tertiary/aromatic N) is 1. The smallest absolute Gasteiger partial charge is 0.306 e. The minimum atomic E-state index is -0.539. The normalized spacial score (nSPS) is 10.6. The molecule has 1 heterocycles. The zero-order chi connectivity index (χ0) is 23.0. The molecule has 0 radical (unpaired) electrons. The van der Waals surface area contributed by atoms with Gasteiger partial charge < -0.3 is 14.5 Å². The number of oxazole rings is 1. The maximum atomic E-state index is 13.0. The molecule has 7 heteroatoms. The van der Waals surface area contributed by atoms with E-state index in [1.54, 1.807) is 18.2 Å². The van der Waals surface area contributed by atoms with E-state index in [1.807, 2.05) is 48.5 Å². The maximum Gasteiger partial charge on any atom is 0.306 e. The molecule has 0 fully saturated rings. The van der Waals surface area contributed by atoms with Crippen LogP contribution in [0.15, 0.2) is 89.5 Å². The van der Waals surface area contributed by atoms with Crippen molar-refractivity contribution in [3.63, 3.8) is 0 Å². The topological polar surface area (TPSA) is 81.4 Å². The second kappa shape index (κ2) is 10.4. The highest BCUT2D eigenvalue weighted by atomic mass is 19.1. The van der Waals surface area contributed by atoms with Crippen LogP contribution in [-0.2, 0) is 20.7 Å². The van der Waals surface area contributed by atoms with Gasteiger partial charge in [-0.05, 0) is 35.9 Å². The molecular formula is C26H21FN2O4. The number of benzene rings is 3. The molecule has 6 nitrogen and oxygen atoms in total. The van der Waals surface area contributed by atoms with Gasteiger partial charge in [0.2, 0.25) is 0 Å². The van der Waals surface area contributed by atoms with Gasteiger partial charge in [-0.25, -0.2) is 9.37 Å². The number of ether oxygens (including phenoxy) is 1. The number of amides is 1. The van der Waals surface area contributed by atoms with Gasteiger partial charge in [0.25, 0.3) is 5.91 Å². The first kappa shape index (κ1) is 22.0. The van der Waals surface area contributed by atoms with Crippen molar-refractivity contribution in [2.75, 3.05) is 11.9 Å². The standard InChI is InChI=1S/C26H21FN2O4/c27-20-12-10-19(11-13-20)23-16-28-25(33-23)14-15-26(31)32-17-24(30)29-22-9-5-4-8-21(22)18-6-2-1-3-7-18/h1-13,16H,14-15,17H2,(H,29,30). The van der Waals surface area contributed by atoms with E-state index in [1.165, 1.54) is 18.3 Å². The molecule has 1 N–H and O–H groups in total. The Balaban J connectivity index is 1.26. The van der Waals surface area contributed by atoms with Gasteiger partial charge in [-0.3, -0.25) is 9.59 Å². The molecule has 4 aromatic rings. The highest BCUT2D eigenvalue weighted by Gasteiger charge is 2.13. The number of hydrogen-bond acceptors (Lipinski definition) is 5. The van der Waals surface area contributed by atoms with Gasteiger partial charge in [-0.2, -0.15) is 0 Å². The summed E-state index contributed by atoms with van der Waals surface area (Å²) in [6.45, 7) is -0.394. The molecule has 0 spiro atoms. The summed E-state index contributed by atoms with van der Waals surface area (Å²) in [5, 5.41) is 2.79. The summed E-state index contributed by atoms with van der Waals surface area (Å²) >= 11 is 0. The van der Waals surface area contributed by atoms with E-state index < -0.39 is 18.5 Å². The molecule has 0 aliphatic rings. The SMILES string of the molecule is O=C(COC(=O)CCc1ncc(-c2ccc(F)cc2)o1)Nc1ccccc1-c1ccccc1. The number of rotatable bonds is 8. The summed E-state index contributed by atoms with van der Waals surface area (Å²) < 4.78 is 23.7. The van der Waals surface area contributed by atoms with Crippen molar-refractivity contribution in [2.45, 2.75) is 12.8 Å². The third kappa shape index (κ3) is 5.92. The molecular weight excluding hydrogens is 423 g/mol. The number of halogens is 1. The summed E-state index contributed by atoms with van der Waals surface area (Å²) in [5.41, 5.74) is 3.16. The quantitative estimate of drug-likeness (QED) is 0.375. The number of nitrogens with one attached hydrogen (secondary N) is 1. The van der Waals surface area contributed by atoms with Crippen LogP contribution in [0.4, 0.5) is 10.1 Å². The predicted octanol–water partition coefficient (Wildman–Crippen LogP) is 5.26. The summed E-state index contributed by atoms with van der Waals surface area (Å²) in [6, 6.07) is 22.9. The molecule has 1 amide bonds. The molecule has 0 saturated carbocycles. The Labute approximate surface area is 190 Å². The molecule has 0 aliphatic carbocycles. The lowest BCUT2D eigenvalue weighted by Gasteiger charge is -2.11. The number of anilines is 1. The third-order valence-electron chi connectivity index (χ3n) is 4.88. The Kier molecular flexibility index (Phi) is 6.90. The zero-order valence-corrected chi connectivity index (χ0v) is 17.7. The van der Waals surface area contributed by atoms with Crippen LogP contribution in [0.25, 0.3) is 22.5 Å². The lowest BCUT2D eigenvalue weighted by molar-refractivity contribution is -0.147. The van der Waals surface area contributed by atoms with Crippen LogP contribution in [0.1, 0.15) is 12.3 Å². The second-order valence-corrected chi connectivity index (χ2v) is 7.25. The number of carbonyl (C=O) groups is 2. The molecule has 3 aromatic carbocycles. The monoisotopic (exact) mass is 444 g/mol. The van der Waals surface area contributed by atoms with Crippen LogP contribution in [0.5, 0.6) is 0 Å². The average molecular weight is 444 g/mol. The first-order valence-corrected chi connectivity index (χ1v) is 10.4. The molecule has 0 bridgehead atoms. The molecule has 1 aromatic heterocycles. The molecule has 4 rings (SSSR count). The fourth-order valence-electron chi connectivity index (χ4n) is 3.25. The molecule has 0 unspecified atom stereocenters. The second-order valence-electron chi connectivity index (χ2n) is 7.25. The van der Waals surface area contributed by atoms with Gasteiger partial charge in [-0.15, -0.1) is 0 Å². The van der Waals surface area contributed by atoms with E-state index in [0.717, 1.165) is 11.1 Å². The van der Waals surface area contributed by atoms with Crippen molar-refractivity contribution in [1.82, 2.24) is 4.98 Å². The molecule has 0 atom stereocenters. The number of carbonyl (C=O) groups excluding carboxylic acids is 2. The highest BCUT2D eigenvalue weighted by molar-refractivity contribution is 5.96. The van der Waals surface area contributed by atoms with Gasteiger partial charge in [0.05, 0.1) is 12.6 Å². The van der Waals surface area contributed by atoms with Crippen LogP contribution < -0.4 is 5.32 Å². The predicted molar refractivity (Wildman–Crippen MR) is 122 cm³/mol. The number of aryl methyl sites for hydroxylation is 1. The molecule has 0 saturated heterocycles. The fourth-order valence-corrected chi connectivity index (χ4v) is 3.25. The summed E-state index contributed by atoms with van der Waals surface area (Å²) in [5.74, 6) is -0.472. The lowest BCUT2D eigenvalue weighted by atomic mass is 10.0. The Morgan fingerprint density at radius 1 is 0.909 bits per heavy atom. The first-order valence-electron chi connectivity index (χ1n) is 10.4. The Morgan fingerprint density at radius 3 is 2.42 bits per heavy atom. The van der Waals surface area contributed by atoms with Crippen molar-refractivity contribution in [1.29, 1.82) is 0 Å². The Morgan fingerprint density at radius 2 is 1.64 bits per heavy atom. The van der Waals surface area contributed by atoms with Gasteiger partial charge in [0.15, 0.2) is 18.3 Å². The fraction of sp³-hybridized carbons (Fsp3) is 0.115. The van der Waals surface area contributed by atoms with Crippen LogP contribution >= 0.6 is 0 Å². The molecule has 33 heavy (non-hydrogen) atoms. The van der Waals surface area contributed by atoms with Crippen LogP contribution in [-0.4, -0.2) is 23.5 Å². The van der Waals surface area contributed by atoms with Crippen LogP contribution in [0.2, 0.25) is 0 Å². The molecule has 0 aliphatic heterocycles. The summed E-state index contributed by atoms with van der Waals surface area (Å²) in [7, 11) is 0. The van der Waals surface area contributed by atoms with E-state index in [2.05, 4.69) is 10.3 Å². The van der Waals surface area contributed by atoms with Crippen molar-refractivity contribution in [3.8, 4) is 22.5 Å².